The molecule has 3 rings (SSSR count). The average Bonchev–Trinajstić information content (AvgIpc) is 2.55. The summed E-state index contributed by atoms with van der Waals surface area (Å²) >= 11 is 0. The second kappa shape index (κ2) is 4.85. The van der Waals surface area contributed by atoms with E-state index in [1.54, 1.807) is 0 Å². The van der Waals surface area contributed by atoms with Gasteiger partial charge in [0.15, 0.2) is 0 Å². The van der Waals surface area contributed by atoms with Crippen molar-refractivity contribution in [1.82, 2.24) is 0 Å². The van der Waals surface area contributed by atoms with Gasteiger partial charge in [-0.25, -0.2) is 0 Å². The molecule has 1 saturated carbocycles. The second-order valence-electron chi connectivity index (χ2n) is 5.55. The number of carbonyl (C=O) groups excluding carboxylic acids is 1. The van der Waals surface area contributed by atoms with Crippen LogP contribution >= 0.6 is 0 Å². The second-order valence-corrected chi connectivity index (χ2v) is 5.55. The number of ether oxygens (including phenoxy) is 1. The number of rotatable bonds is 3. The zero-order valence-electron chi connectivity index (χ0n) is 10.9. The fourth-order valence-corrected chi connectivity index (χ4v) is 2.66. The van der Waals surface area contributed by atoms with Crippen LogP contribution in [0.5, 0.6) is 5.75 Å². The Morgan fingerprint density at radius 1 is 1.26 bits per heavy atom. The van der Waals surface area contributed by atoms with Crippen molar-refractivity contribution in [2.45, 2.75) is 44.1 Å². The maximum Gasteiger partial charge on any atom is 0.224 e. The van der Waals surface area contributed by atoms with Crippen molar-refractivity contribution in [1.29, 1.82) is 0 Å². The van der Waals surface area contributed by atoms with E-state index >= 15 is 0 Å². The zero-order valence-corrected chi connectivity index (χ0v) is 10.9. The zero-order chi connectivity index (χ0) is 13.3. The fourth-order valence-electron chi connectivity index (χ4n) is 2.66. The first-order chi connectivity index (χ1) is 9.16. The Hall–Kier alpha value is -1.55. The Labute approximate surface area is 112 Å². The molecule has 102 valence electrons. The molecule has 0 bridgehead atoms. The Kier molecular flexibility index (Phi) is 3.19. The van der Waals surface area contributed by atoms with Crippen LogP contribution in [-0.2, 0) is 11.2 Å². The summed E-state index contributed by atoms with van der Waals surface area (Å²) in [5.41, 5.74) is 1.26. The van der Waals surface area contributed by atoms with E-state index in [0.29, 0.717) is 13.0 Å². The Morgan fingerprint density at radius 3 is 2.84 bits per heavy atom. The average molecular weight is 261 g/mol. The van der Waals surface area contributed by atoms with E-state index < -0.39 is 5.60 Å². The molecule has 4 heteroatoms. The van der Waals surface area contributed by atoms with Gasteiger partial charge >= 0.3 is 0 Å². The first-order valence-corrected chi connectivity index (χ1v) is 6.93. The van der Waals surface area contributed by atoms with E-state index in [-0.39, 0.29) is 5.91 Å². The van der Waals surface area contributed by atoms with E-state index in [2.05, 4.69) is 5.32 Å². The summed E-state index contributed by atoms with van der Waals surface area (Å²) in [7, 11) is 0. The molecule has 19 heavy (non-hydrogen) atoms. The minimum Gasteiger partial charge on any atom is -0.490 e. The molecule has 1 fully saturated rings. The minimum absolute atomic E-state index is 0.0634. The van der Waals surface area contributed by atoms with Gasteiger partial charge in [-0.05, 0) is 44.2 Å². The van der Waals surface area contributed by atoms with E-state index in [1.807, 2.05) is 18.2 Å². The number of anilines is 1. The van der Waals surface area contributed by atoms with Gasteiger partial charge in [-0.15, -0.1) is 0 Å². The lowest BCUT2D eigenvalue weighted by molar-refractivity contribution is -0.116. The maximum atomic E-state index is 11.5. The highest BCUT2D eigenvalue weighted by Gasteiger charge is 2.35. The summed E-state index contributed by atoms with van der Waals surface area (Å²) in [6, 6.07) is 5.70. The highest BCUT2D eigenvalue weighted by molar-refractivity contribution is 5.92. The van der Waals surface area contributed by atoms with Gasteiger partial charge in [0, 0.05) is 17.7 Å². The Morgan fingerprint density at radius 2 is 2.11 bits per heavy atom. The molecule has 1 aliphatic heterocycles. The molecule has 0 unspecified atom stereocenters. The van der Waals surface area contributed by atoms with E-state index in [4.69, 9.17) is 4.74 Å². The molecule has 1 heterocycles. The van der Waals surface area contributed by atoms with Crippen LogP contribution in [0.2, 0.25) is 0 Å². The van der Waals surface area contributed by atoms with Crippen molar-refractivity contribution in [2.24, 2.45) is 0 Å². The predicted molar refractivity (Wildman–Crippen MR) is 72.3 cm³/mol. The molecule has 1 aromatic carbocycles. The van der Waals surface area contributed by atoms with Crippen LogP contribution in [0.25, 0.3) is 0 Å². The number of carbonyl (C=O) groups is 1. The molecule has 0 radical (unpaired) electrons. The maximum absolute atomic E-state index is 11.5. The predicted octanol–water partition coefficient (Wildman–Crippen LogP) is 2.26. The number of amides is 1. The topological polar surface area (TPSA) is 58.6 Å². The number of hydrogen-bond acceptors (Lipinski definition) is 3. The number of fused-ring (bicyclic) bond motifs is 1. The molecule has 1 aromatic rings. The largest absolute Gasteiger partial charge is 0.490 e. The first kappa shape index (κ1) is 12.5. The molecule has 2 aliphatic rings. The van der Waals surface area contributed by atoms with Crippen LogP contribution in [0.4, 0.5) is 5.69 Å². The van der Waals surface area contributed by atoms with Gasteiger partial charge in [-0.3, -0.25) is 4.79 Å². The van der Waals surface area contributed by atoms with E-state index in [0.717, 1.165) is 49.1 Å². The molecule has 1 aliphatic carbocycles. The number of benzene rings is 1. The normalized spacial score (nSPS) is 20.8. The fraction of sp³-hybridized carbons (Fsp3) is 0.533. The number of aliphatic hydroxyl groups is 1. The summed E-state index contributed by atoms with van der Waals surface area (Å²) < 4.78 is 5.80. The van der Waals surface area contributed by atoms with Gasteiger partial charge in [-0.2, -0.15) is 0 Å². The minimum atomic E-state index is -0.642. The van der Waals surface area contributed by atoms with Gasteiger partial charge < -0.3 is 15.2 Å². The summed E-state index contributed by atoms with van der Waals surface area (Å²) in [6.45, 7) is 0.345. The molecular weight excluding hydrogens is 242 g/mol. The summed E-state index contributed by atoms with van der Waals surface area (Å²) in [5, 5.41) is 13.0. The quantitative estimate of drug-likeness (QED) is 0.877. The van der Waals surface area contributed by atoms with Crippen molar-refractivity contribution in [3.63, 3.8) is 0 Å². The van der Waals surface area contributed by atoms with Crippen molar-refractivity contribution in [3.8, 4) is 5.75 Å². The van der Waals surface area contributed by atoms with Crippen LogP contribution in [0.3, 0.4) is 0 Å². The Balaban J connectivity index is 1.78. The van der Waals surface area contributed by atoms with Crippen LogP contribution < -0.4 is 10.1 Å². The van der Waals surface area contributed by atoms with Crippen LogP contribution in [0.15, 0.2) is 18.2 Å². The third kappa shape index (κ3) is 2.59. The lowest BCUT2D eigenvalue weighted by atomic mass is 9.81. The van der Waals surface area contributed by atoms with Crippen LogP contribution in [0.1, 0.15) is 37.7 Å². The van der Waals surface area contributed by atoms with Gasteiger partial charge in [0.2, 0.25) is 5.91 Å². The molecule has 0 spiro atoms. The summed E-state index contributed by atoms with van der Waals surface area (Å²) in [6.07, 6.45) is 4.94. The summed E-state index contributed by atoms with van der Waals surface area (Å²) in [5.74, 6) is 0.855. The molecule has 0 aromatic heterocycles. The van der Waals surface area contributed by atoms with Crippen molar-refractivity contribution < 1.29 is 14.6 Å². The van der Waals surface area contributed by atoms with Gasteiger partial charge in [-0.1, -0.05) is 6.07 Å². The third-order valence-corrected chi connectivity index (χ3v) is 4.02. The lowest BCUT2D eigenvalue weighted by Crippen LogP contribution is -2.42. The standard InChI is InChI=1S/C15H19NO3/c17-14-7-1-4-11-12(16-14)5-2-6-13(11)19-10-15(18)8-3-9-15/h2,5-6,18H,1,3-4,7-10H2,(H,16,17). The van der Waals surface area contributed by atoms with Crippen LogP contribution in [-0.4, -0.2) is 23.2 Å². The number of hydrogen-bond donors (Lipinski definition) is 2. The highest BCUT2D eigenvalue weighted by Crippen LogP contribution is 2.35. The Bertz CT molecular complexity index is 494. The molecular formula is C15H19NO3. The van der Waals surface area contributed by atoms with Gasteiger partial charge in [0.1, 0.15) is 12.4 Å². The lowest BCUT2D eigenvalue weighted by Gasteiger charge is -2.36. The molecule has 0 saturated heterocycles. The van der Waals surface area contributed by atoms with E-state index in [1.165, 1.54) is 0 Å². The first-order valence-electron chi connectivity index (χ1n) is 6.93. The molecule has 0 atom stereocenters. The SMILES string of the molecule is O=C1CCCc2c(cccc2OCC2(O)CCC2)N1. The van der Waals surface area contributed by atoms with Gasteiger partial charge in [0.05, 0.1) is 5.60 Å². The van der Waals surface area contributed by atoms with Crippen molar-refractivity contribution >= 4 is 11.6 Å². The van der Waals surface area contributed by atoms with Crippen molar-refractivity contribution in [3.05, 3.63) is 23.8 Å². The monoisotopic (exact) mass is 261 g/mol. The van der Waals surface area contributed by atoms with Crippen molar-refractivity contribution in [2.75, 3.05) is 11.9 Å². The molecule has 2 N–H and O–H groups in total. The smallest absolute Gasteiger partial charge is 0.224 e. The van der Waals surface area contributed by atoms with Gasteiger partial charge in [0.25, 0.3) is 0 Å². The molecule has 1 amide bonds. The molecule has 4 nitrogen and oxygen atoms in total. The van der Waals surface area contributed by atoms with E-state index in [9.17, 15) is 9.90 Å². The van der Waals surface area contributed by atoms with Crippen LogP contribution in [0, 0.1) is 0 Å². The third-order valence-electron chi connectivity index (χ3n) is 4.02. The summed E-state index contributed by atoms with van der Waals surface area (Å²) in [4.78, 5) is 11.5. The highest BCUT2D eigenvalue weighted by atomic mass is 16.5. The number of nitrogens with one attached hydrogen (secondary N) is 1.